The van der Waals surface area contributed by atoms with E-state index in [2.05, 4.69) is 31.2 Å². The lowest BCUT2D eigenvalue weighted by molar-refractivity contribution is -0.119. The SMILES string of the molecule is COc1cc(C(=O)N2CCC(c3ccccc3)C(C)C2)ccc1OCC(N)=O. The maximum Gasteiger partial charge on any atom is 0.255 e. The van der Waals surface area contributed by atoms with Gasteiger partial charge in [-0.15, -0.1) is 0 Å². The first-order valence-electron chi connectivity index (χ1n) is 9.43. The summed E-state index contributed by atoms with van der Waals surface area (Å²) < 4.78 is 10.6. The van der Waals surface area contributed by atoms with Crippen LogP contribution in [0.4, 0.5) is 0 Å². The van der Waals surface area contributed by atoms with E-state index < -0.39 is 5.91 Å². The summed E-state index contributed by atoms with van der Waals surface area (Å²) in [6, 6.07) is 15.4. The molecule has 148 valence electrons. The number of primary amides is 1. The number of hydrogen-bond donors (Lipinski definition) is 1. The van der Waals surface area contributed by atoms with E-state index >= 15 is 0 Å². The third kappa shape index (κ3) is 4.44. The van der Waals surface area contributed by atoms with E-state index in [0.29, 0.717) is 42.0 Å². The largest absolute Gasteiger partial charge is 0.493 e. The second kappa shape index (κ2) is 8.78. The lowest BCUT2D eigenvalue weighted by Gasteiger charge is -2.37. The fourth-order valence-electron chi connectivity index (χ4n) is 3.78. The fourth-order valence-corrected chi connectivity index (χ4v) is 3.78. The Morgan fingerprint density at radius 1 is 1.14 bits per heavy atom. The maximum atomic E-state index is 13.0. The summed E-state index contributed by atoms with van der Waals surface area (Å²) in [5.74, 6) is 1.02. The molecule has 2 aromatic carbocycles. The number of methoxy groups -OCH3 is 1. The molecule has 1 aliphatic rings. The van der Waals surface area contributed by atoms with Crippen molar-refractivity contribution in [1.82, 2.24) is 4.90 Å². The molecule has 2 N–H and O–H groups in total. The Bertz CT molecular complexity index is 838. The van der Waals surface area contributed by atoms with Crippen molar-refractivity contribution in [1.29, 1.82) is 0 Å². The number of benzene rings is 2. The number of amides is 2. The minimum absolute atomic E-state index is 0.0295. The number of carbonyl (C=O) groups is 2. The summed E-state index contributed by atoms with van der Waals surface area (Å²) in [6.45, 7) is 3.37. The summed E-state index contributed by atoms with van der Waals surface area (Å²) in [7, 11) is 1.49. The van der Waals surface area contributed by atoms with Gasteiger partial charge in [-0.25, -0.2) is 0 Å². The number of ether oxygens (including phenoxy) is 2. The second-order valence-corrected chi connectivity index (χ2v) is 7.15. The maximum absolute atomic E-state index is 13.0. The topological polar surface area (TPSA) is 81.9 Å². The third-order valence-electron chi connectivity index (χ3n) is 5.20. The highest BCUT2D eigenvalue weighted by atomic mass is 16.5. The molecule has 0 radical (unpaired) electrons. The van der Waals surface area contributed by atoms with E-state index in [0.717, 1.165) is 6.42 Å². The van der Waals surface area contributed by atoms with Gasteiger partial charge in [0.25, 0.3) is 11.8 Å². The van der Waals surface area contributed by atoms with Crippen LogP contribution < -0.4 is 15.2 Å². The number of carbonyl (C=O) groups excluding carboxylic acids is 2. The van der Waals surface area contributed by atoms with Crippen molar-refractivity contribution >= 4 is 11.8 Å². The van der Waals surface area contributed by atoms with E-state index in [9.17, 15) is 9.59 Å². The van der Waals surface area contributed by atoms with Gasteiger partial charge in [0.2, 0.25) is 0 Å². The number of nitrogens with zero attached hydrogens (tertiary/aromatic N) is 1. The van der Waals surface area contributed by atoms with Crippen molar-refractivity contribution in [2.75, 3.05) is 26.8 Å². The zero-order valence-corrected chi connectivity index (χ0v) is 16.3. The molecule has 0 spiro atoms. The van der Waals surface area contributed by atoms with E-state index in [1.54, 1.807) is 18.2 Å². The van der Waals surface area contributed by atoms with Crippen molar-refractivity contribution in [3.63, 3.8) is 0 Å². The van der Waals surface area contributed by atoms with Crippen LogP contribution in [0, 0.1) is 5.92 Å². The first kappa shape index (κ1) is 19.7. The Labute approximate surface area is 165 Å². The van der Waals surface area contributed by atoms with Gasteiger partial charge in [0.15, 0.2) is 18.1 Å². The summed E-state index contributed by atoms with van der Waals surface area (Å²) in [5.41, 5.74) is 6.98. The zero-order valence-electron chi connectivity index (χ0n) is 16.3. The molecule has 1 fully saturated rings. The minimum atomic E-state index is -0.572. The number of likely N-dealkylation sites (tertiary alicyclic amines) is 1. The first-order chi connectivity index (χ1) is 13.5. The molecule has 2 unspecified atom stereocenters. The second-order valence-electron chi connectivity index (χ2n) is 7.15. The van der Waals surface area contributed by atoms with Gasteiger partial charge in [-0.1, -0.05) is 37.3 Å². The van der Waals surface area contributed by atoms with E-state index in [1.807, 2.05) is 11.0 Å². The van der Waals surface area contributed by atoms with Crippen molar-refractivity contribution in [3.8, 4) is 11.5 Å². The zero-order chi connectivity index (χ0) is 20.1. The van der Waals surface area contributed by atoms with Crippen LogP contribution in [0.25, 0.3) is 0 Å². The quantitative estimate of drug-likeness (QED) is 0.833. The Hall–Kier alpha value is -3.02. The highest BCUT2D eigenvalue weighted by Gasteiger charge is 2.30. The summed E-state index contributed by atoms with van der Waals surface area (Å²) in [5, 5.41) is 0. The van der Waals surface area contributed by atoms with Gasteiger partial charge in [-0.3, -0.25) is 9.59 Å². The molecular weight excluding hydrogens is 356 g/mol. The van der Waals surface area contributed by atoms with Crippen LogP contribution in [0.15, 0.2) is 48.5 Å². The third-order valence-corrected chi connectivity index (χ3v) is 5.20. The molecule has 2 aromatic rings. The van der Waals surface area contributed by atoms with E-state index in [-0.39, 0.29) is 12.5 Å². The van der Waals surface area contributed by atoms with E-state index in [4.69, 9.17) is 15.2 Å². The van der Waals surface area contributed by atoms with Crippen molar-refractivity contribution < 1.29 is 19.1 Å². The highest BCUT2D eigenvalue weighted by molar-refractivity contribution is 5.95. The molecule has 0 bridgehead atoms. The molecule has 2 atom stereocenters. The number of hydrogen-bond acceptors (Lipinski definition) is 4. The van der Waals surface area contributed by atoms with Crippen LogP contribution >= 0.6 is 0 Å². The number of piperidine rings is 1. The first-order valence-corrected chi connectivity index (χ1v) is 9.43. The standard InChI is InChI=1S/C22H26N2O4/c1-15-13-24(11-10-18(15)16-6-4-3-5-7-16)22(26)17-8-9-19(20(12-17)27-2)28-14-21(23)25/h3-9,12,15,18H,10-11,13-14H2,1-2H3,(H2,23,25). The summed E-state index contributed by atoms with van der Waals surface area (Å²) in [4.78, 5) is 25.8. The normalized spacial score (nSPS) is 19.1. The van der Waals surface area contributed by atoms with Crippen LogP contribution in [0.3, 0.4) is 0 Å². The molecule has 6 heteroatoms. The Balaban J connectivity index is 1.70. The molecule has 1 aliphatic heterocycles. The molecule has 1 saturated heterocycles. The van der Waals surface area contributed by atoms with Crippen LogP contribution in [-0.4, -0.2) is 43.5 Å². The molecule has 2 amide bonds. The molecule has 0 saturated carbocycles. The molecule has 0 aromatic heterocycles. The van der Waals surface area contributed by atoms with Gasteiger partial charge in [-0.2, -0.15) is 0 Å². The van der Waals surface area contributed by atoms with Crippen LogP contribution in [0.5, 0.6) is 11.5 Å². The minimum Gasteiger partial charge on any atom is -0.493 e. The molecule has 3 rings (SSSR count). The Morgan fingerprint density at radius 2 is 1.89 bits per heavy atom. The predicted molar refractivity (Wildman–Crippen MR) is 107 cm³/mol. The molecule has 28 heavy (non-hydrogen) atoms. The van der Waals surface area contributed by atoms with Gasteiger partial charge in [0.05, 0.1) is 7.11 Å². The van der Waals surface area contributed by atoms with Crippen molar-refractivity contribution in [2.24, 2.45) is 11.7 Å². The Morgan fingerprint density at radius 3 is 2.54 bits per heavy atom. The average molecular weight is 382 g/mol. The average Bonchev–Trinajstić information content (AvgIpc) is 2.72. The van der Waals surface area contributed by atoms with Crippen LogP contribution in [-0.2, 0) is 4.79 Å². The van der Waals surface area contributed by atoms with Crippen LogP contribution in [0.2, 0.25) is 0 Å². The van der Waals surface area contributed by atoms with Gasteiger partial charge in [0, 0.05) is 18.7 Å². The van der Waals surface area contributed by atoms with Crippen LogP contribution in [0.1, 0.15) is 35.2 Å². The van der Waals surface area contributed by atoms with Crippen molar-refractivity contribution in [3.05, 3.63) is 59.7 Å². The van der Waals surface area contributed by atoms with Crippen molar-refractivity contribution in [2.45, 2.75) is 19.3 Å². The fraction of sp³-hybridized carbons (Fsp3) is 0.364. The van der Waals surface area contributed by atoms with E-state index in [1.165, 1.54) is 12.7 Å². The number of nitrogens with two attached hydrogens (primary N) is 1. The summed E-state index contributed by atoms with van der Waals surface area (Å²) in [6.07, 6.45) is 0.938. The smallest absolute Gasteiger partial charge is 0.255 e. The summed E-state index contributed by atoms with van der Waals surface area (Å²) >= 11 is 0. The molecular formula is C22H26N2O4. The highest BCUT2D eigenvalue weighted by Crippen LogP contribution is 2.34. The Kier molecular flexibility index (Phi) is 6.19. The lowest BCUT2D eigenvalue weighted by atomic mass is 9.81. The van der Waals surface area contributed by atoms with Gasteiger partial charge >= 0.3 is 0 Å². The molecule has 1 heterocycles. The molecule has 6 nitrogen and oxygen atoms in total. The monoisotopic (exact) mass is 382 g/mol. The molecule has 0 aliphatic carbocycles. The van der Waals surface area contributed by atoms with Gasteiger partial charge in [0.1, 0.15) is 0 Å². The predicted octanol–water partition coefficient (Wildman–Crippen LogP) is 2.83. The van der Waals surface area contributed by atoms with Gasteiger partial charge < -0.3 is 20.1 Å². The van der Waals surface area contributed by atoms with Gasteiger partial charge in [-0.05, 0) is 42.0 Å². The number of rotatable bonds is 6. The lowest BCUT2D eigenvalue weighted by Crippen LogP contribution is -2.42.